The minimum Gasteiger partial charge on any atom is -0.316 e. The van der Waals surface area contributed by atoms with Crippen LogP contribution in [0.1, 0.15) is 65.7 Å². The zero-order valence-electron chi connectivity index (χ0n) is 13.6. The molecule has 0 aromatic heterocycles. The Labute approximate surface area is 121 Å². The van der Waals surface area contributed by atoms with Crippen LogP contribution in [0.2, 0.25) is 0 Å². The van der Waals surface area contributed by atoms with Crippen LogP contribution in [-0.4, -0.2) is 37.6 Å². The molecule has 1 fully saturated rings. The van der Waals surface area contributed by atoms with E-state index in [9.17, 15) is 0 Å². The molecule has 0 bridgehead atoms. The van der Waals surface area contributed by atoms with Crippen molar-refractivity contribution < 1.29 is 0 Å². The number of piperidine rings is 1. The summed E-state index contributed by atoms with van der Waals surface area (Å²) in [6, 6.07) is 0. The first kappa shape index (κ1) is 17.0. The first-order chi connectivity index (χ1) is 9.22. The van der Waals surface area contributed by atoms with Crippen LogP contribution >= 0.6 is 0 Å². The third kappa shape index (κ3) is 8.65. The molecule has 1 saturated heterocycles. The third-order valence-electron chi connectivity index (χ3n) is 4.28. The van der Waals surface area contributed by atoms with E-state index in [-0.39, 0.29) is 0 Å². The van der Waals surface area contributed by atoms with Crippen LogP contribution in [0.4, 0.5) is 0 Å². The monoisotopic (exact) mass is 268 g/mol. The highest BCUT2D eigenvalue weighted by molar-refractivity contribution is 4.71. The minimum absolute atomic E-state index is 0.782. The summed E-state index contributed by atoms with van der Waals surface area (Å²) in [5, 5.41) is 3.53. The lowest BCUT2D eigenvalue weighted by Gasteiger charge is -2.31. The average molecular weight is 268 g/mol. The van der Waals surface area contributed by atoms with Crippen LogP contribution in [0.25, 0.3) is 0 Å². The quantitative estimate of drug-likeness (QED) is 0.604. The molecule has 1 aliphatic rings. The van der Waals surface area contributed by atoms with Gasteiger partial charge in [-0.1, -0.05) is 40.0 Å². The van der Waals surface area contributed by atoms with Crippen LogP contribution in [0.15, 0.2) is 0 Å². The summed E-state index contributed by atoms with van der Waals surface area (Å²) in [4.78, 5) is 2.69. The van der Waals surface area contributed by atoms with Crippen molar-refractivity contribution in [3.05, 3.63) is 0 Å². The van der Waals surface area contributed by atoms with Crippen molar-refractivity contribution in [3.63, 3.8) is 0 Å². The van der Waals surface area contributed by atoms with Crippen LogP contribution < -0.4 is 5.32 Å². The van der Waals surface area contributed by atoms with Gasteiger partial charge in [0.15, 0.2) is 0 Å². The smallest absolute Gasteiger partial charge is 0.00161 e. The summed E-state index contributed by atoms with van der Waals surface area (Å²) in [5.74, 6) is 1.81. The largest absolute Gasteiger partial charge is 0.316 e. The molecule has 0 saturated carbocycles. The van der Waals surface area contributed by atoms with E-state index in [4.69, 9.17) is 0 Å². The Bertz CT molecular complexity index is 195. The van der Waals surface area contributed by atoms with E-state index >= 15 is 0 Å². The lowest BCUT2D eigenvalue weighted by atomic mass is 9.92. The van der Waals surface area contributed by atoms with Gasteiger partial charge in [0.2, 0.25) is 0 Å². The molecule has 2 nitrogen and oxygen atoms in total. The van der Waals surface area contributed by atoms with Gasteiger partial charge in [-0.15, -0.1) is 0 Å². The zero-order valence-corrected chi connectivity index (χ0v) is 13.6. The van der Waals surface area contributed by atoms with Gasteiger partial charge in [-0.05, 0) is 70.2 Å². The van der Waals surface area contributed by atoms with Gasteiger partial charge >= 0.3 is 0 Å². The molecule has 1 heterocycles. The maximum atomic E-state index is 3.53. The highest BCUT2D eigenvalue weighted by atomic mass is 15.1. The predicted molar refractivity (Wildman–Crippen MR) is 85.6 cm³/mol. The molecule has 1 N–H and O–H groups in total. The Kier molecular flexibility index (Phi) is 9.54. The van der Waals surface area contributed by atoms with Crippen LogP contribution in [-0.2, 0) is 0 Å². The van der Waals surface area contributed by atoms with Crippen molar-refractivity contribution in [3.8, 4) is 0 Å². The SMILES string of the molecule is CCCC1CCN(CCCCCNCC(C)C)CC1. The molecular weight excluding hydrogens is 232 g/mol. The molecule has 0 spiro atoms. The first-order valence-corrected chi connectivity index (χ1v) is 8.65. The molecule has 1 rings (SSSR count). The molecule has 19 heavy (non-hydrogen) atoms. The molecule has 114 valence electrons. The van der Waals surface area contributed by atoms with Crippen LogP contribution in [0, 0.1) is 11.8 Å². The van der Waals surface area contributed by atoms with Gasteiger partial charge in [-0.3, -0.25) is 0 Å². The number of unbranched alkanes of at least 4 members (excludes halogenated alkanes) is 2. The van der Waals surface area contributed by atoms with Crippen LogP contribution in [0.3, 0.4) is 0 Å². The number of nitrogens with one attached hydrogen (secondary N) is 1. The number of hydrogen-bond acceptors (Lipinski definition) is 2. The lowest BCUT2D eigenvalue weighted by Crippen LogP contribution is -2.34. The number of rotatable bonds is 10. The summed E-state index contributed by atoms with van der Waals surface area (Å²) in [7, 11) is 0. The fourth-order valence-corrected chi connectivity index (χ4v) is 3.06. The van der Waals surface area contributed by atoms with E-state index in [0.29, 0.717) is 0 Å². The van der Waals surface area contributed by atoms with Crippen molar-refractivity contribution in [2.24, 2.45) is 11.8 Å². The molecule has 0 aromatic rings. The summed E-state index contributed by atoms with van der Waals surface area (Å²) in [5.41, 5.74) is 0. The van der Waals surface area contributed by atoms with Gasteiger partial charge in [0, 0.05) is 0 Å². The average Bonchev–Trinajstić information content (AvgIpc) is 2.39. The summed E-state index contributed by atoms with van der Waals surface area (Å²) < 4.78 is 0. The van der Waals surface area contributed by atoms with Gasteiger partial charge in [-0.2, -0.15) is 0 Å². The molecule has 0 aromatic carbocycles. The summed E-state index contributed by atoms with van der Waals surface area (Å²) >= 11 is 0. The highest BCUT2D eigenvalue weighted by Gasteiger charge is 2.17. The van der Waals surface area contributed by atoms with Crippen molar-refractivity contribution in [1.82, 2.24) is 10.2 Å². The topological polar surface area (TPSA) is 15.3 Å². The number of nitrogens with zero attached hydrogens (tertiary/aromatic N) is 1. The predicted octanol–water partition coefficient (Wildman–Crippen LogP) is 3.91. The van der Waals surface area contributed by atoms with Gasteiger partial charge in [0.05, 0.1) is 0 Å². The molecule has 0 amide bonds. The van der Waals surface area contributed by atoms with Gasteiger partial charge in [0.1, 0.15) is 0 Å². The Morgan fingerprint density at radius 1 is 1.11 bits per heavy atom. The second-order valence-electron chi connectivity index (χ2n) is 6.73. The minimum atomic E-state index is 0.782. The molecule has 0 atom stereocenters. The van der Waals surface area contributed by atoms with E-state index < -0.39 is 0 Å². The molecule has 2 heteroatoms. The highest BCUT2D eigenvalue weighted by Crippen LogP contribution is 2.21. The lowest BCUT2D eigenvalue weighted by molar-refractivity contribution is 0.175. The Morgan fingerprint density at radius 3 is 2.47 bits per heavy atom. The van der Waals surface area contributed by atoms with E-state index in [2.05, 4.69) is 31.0 Å². The molecule has 0 aliphatic carbocycles. The van der Waals surface area contributed by atoms with Crippen molar-refractivity contribution in [2.75, 3.05) is 32.7 Å². The van der Waals surface area contributed by atoms with Gasteiger partial charge in [-0.25, -0.2) is 0 Å². The first-order valence-electron chi connectivity index (χ1n) is 8.65. The standard InChI is InChI=1S/C17H36N2/c1-4-8-17-9-13-19(14-10-17)12-7-5-6-11-18-15-16(2)3/h16-18H,4-15H2,1-3H3. The second-order valence-corrected chi connectivity index (χ2v) is 6.73. The van der Waals surface area contributed by atoms with Crippen molar-refractivity contribution in [1.29, 1.82) is 0 Å². The maximum absolute atomic E-state index is 3.53. The molecule has 0 unspecified atom stereocenters. The number of hydrogen-bond donors (Lipinski definition) is 1. The second kappa shape index (κ2) is 10.7. The molecule has 1 aliphatic heterocycles. The molecular formula is C17H36N2. The third-order valence-corrected chi connectivity index (χ3v) is 4.28. The zero-order chi connectivity index (χ0) is 13.9. The Morgan fingerprint density at radius 2 is 1.84 bits per heavy atom. The number of likely N-dealkylation sites (tertiary alicyclic amines) is 1. The van der Waals surface area contributed by atoms with E-state index in [0.717, 1.165) is 11.8 Å². The summed E-state index contributed by atoms with van der Waals surface area (Å²) in [6.07, 6.45) is 9.85. The van der Waals surface area contributed by atoms with E-state index in [1.54, 1.807) is 0 Å². The summed E-state index contributed by atoms with van der Waals surface area (Å²) in [6.45, 7) is 13.3. The van der Waals surface area contributed by atoms with Gasteiger partial charge in [0.25, 0.3) is 0 Å². The van der Waals surface area contributed by atoms with Gasteiger partial charge < -0.3 is 10.2 Å². The van der Waals surface area contributed by atoms with Crippen molar-refractivity contribution >= 4 is 0 Å². The molecule has 0 radical (unpaired) electrons. The maximum Gasteiger partial charge on any atom is -0.00161 e. The Hall–Kier alpha value is -0.0800. The Balaban J connectivity index is 1.88. The van der Waals surface area contributed by atoms with Crippen LogP contribution in [0.5, 0.6) is 0 Å². The van der Waals surface area contributed by atoms with Crippen molar-refractivity contribution in [2.45, 2.75) is 65.7 Å². The van der Waals surface area contributed by atoms with E-state index in [1.165, 1.54) is 77.7 Å². The fraction of sp³-hybridized carbons (Fsp3) is 1.00. The fourth-order valence-electron chi connectivity index (χ4n) is 3.06. The van der Waals surface area contributed by atoms with E-state index in [1.807, 2.05) is 0 Å². The normalized spacial score (nSPS) is 18.3.